The van der Waals surface area contributed by atoms with Crippen LogP contribution in [0.1, 0.15) is 38.3 Å². The number of benzene rings is 1. The minimum Gasteiger partial charge on any atom is -0.378 e. The van der Waals surface area contributed by atoms with Crippen LogP contribution in [0.15, 0.2) is 18.2 Å². The quantitative estimate of drug-likeness (QED) is 0.867. The van der Waals surface area contributed by atoms with E-state index >= 15 is 0 Å². The van der Waals surface area contributed by atoms with E-state index in [9.17, 15) is 0 Å². The van der Waals surface area contributed by atoms with Gasteiger partial charge >= 0.3 is 0 Å². The molecule has 3 atom stereocenters. The zero-order valence-corrected chi connectivity index (χ0v) is 13.0. The van der Waals surface area contributed by atoms with Crippen molar-refractivity contribution in [2.75, 3.05) is 13.2 Å². The number of ether oxygens (including phenoxy) is 1. The molecule has 2 rings (SSSR count). The average Bonchev–Trinajstić information content (AvgIpc) is 2.87. The Hall–Kier alpha value is -0.280. The maximum absolute atomic E-state index is 6.36. The summed E-state index contributed by atoms with van der Waals surface area (Å²) in [7, 11) is 0. The van der Waals surface area contributed by atoms with E-state index in [0.717, 1.165) is 41.6 Å². The normalized spacial score (nSPS) is 24.6. The molecule has 19 heavy (non-hydrogen) atoms. The molecule has 106 valence electrons. The molecule has 0 aliphatic carbocycles. The van der Waals surface area contributed by atoms with Crippen LogP contribution < -0.4 is 5.32 Å². The molecule has 0 radical (unpaired) electrons. The molecule has 4 heteroatoms. The molecule has 3 unspecified atom stereocenters. The Balaban J connectivity index is 2.31. The predicted octanol–water partition coefficient (Wildman–Crippen LogP) is 4.46. The van der Waals surface area contributed by atoms with E-state index in [1.165, 1.54) is 0 Å². The van der Waals surface area contributed by atoms with Crippen LogP contribution in [0.2, 0.25) is 10.0 Å². The summed E-state index contributed by atoms with van der Waals surface area (Å²) in [5.74, 6) is 0.459. The van der Waals surface area contributed by atoms with E-state index in [1.807, 2.05) is 18.2 Å². The monoisotopic (exact) mass is 301 g/mol. The van der Waals surface area contributed by atoms with Crippen LogP contribution in [0.4, 0.5) is 0 Å². The van der Waals surface area contributed by atoms with Gasteiger partial charge < -0.3 is 10.1 Å². The lowest BCUT2D eigenvalue weighted by Crippen LogP contribution is -2.33. The van der Waals surface area contributed by atoms with Gasteiger partial charge in [0.1, 0.15) is 0 Å². The highest BCUT2D eigenvalue weighted by Gasteiger charge is 2.34. The molecule has 1 heterocycles. The highest BCUT2D eigenvalue weighted by molar-refractivity contribution is 6.33. The summed E-state index contributed by atoms with van der Waals surface area (Å²) in [6.07, 6.45) is 2.41. The van der Waals surface area contributed by atoms with Crippen molar-refractivity contribution >= 4 is 23.2 Å². The van der Waals surface area contributed by atoms with Gasteiger partial charge in [0.25, 0.3) is 0 Å². The van der Waals surface area contributed by atoms with Crippen LogP contribution in [-0.4, -0.2) is 19.3 Å². The van der Waals surface area contributed by atoms with Crippen LogP contribution in [-0.2, 0) is 4.74 Å². The van der Waals surface area contributed by atoms with Crippen LogP contribution in [0.5, 0.6) is 0 Å². The smallest absolute Gasteiger partial charge is 0.0619 e. The first kappa shape index (κ1) is 15.1. The first-order chi connectivity index (χ1) is 9.17. The summed E-state index contributed by atoms with van der Waals surface area (Å²) in [6, 6.07) is 5.89. The molecule has 0 bridgehead atoms. The van der Waals surface area contributed by atoms with Crippen LogP contribution in [0.25, 0.3) is 0 Å². The second kappa shape index (κ2) is 6.94. The van der Waals surface area contributed by atoms with Crippen molar-refractivity contribution in [3.63, 3.8) is 0 Å². The van der Waals surface area contributed by atoms with Crippen molar-refractivity contribution in [2.45, 2.75) is 38.8 Å². The van der Waals surface area contributed by atoms with Crippen molar-refractivity contribution in [1.29, 1.82) is 0 Å². The van der Waals surface area contributed by atoms with E-state index in [1.54, 1.807) is 0 Å². The first-order valence-electron chi connectivity index (χ1n) is 6.97. The van der Waals surface area contributed by atoms with Gasteiger partial charge in [-0.15, -0.1) is 0 Å². The molecule has 0 saturated carbocycles. The van der Waals surface area contributed by atoms with Crippen molar-refractivity contribution in [3.05, 3.63) is 33.8 Å². The van der Waals surface area contributed by atoms with Gasteiger partial charge in [-0.2, -0.15) is 0 Å². The minimum atomic E-state index is 0.212. The van der Waals surface area contributed by atoms with Gasteiger partial charge in [-0.1, -0.05) is 37.0 Å². The van der Waals surface area contributed by atoms with Gasteiger partial charge in [0, 0.05) is 28.6 Å². The van der Waals surface area contributed by atoms with Gasteiger partial charge in [0.15, 0.2) is 0 Å². The summed E-state index contributed by atoms with van der Waals surface area (Å²) >= 11 is 12.5. The van der Waals surface area contributed by atoms with Crippen LogP contribution in [0, 0.1) is 5.92 Å². The van der Waals surface area contributed by atoms with E-state index < -0.39 is 0 Å². The summed E-state index contributed by atoms with van der Waals surface area (Å²) in [5, 5.41) is 5.06. The largest absolute Gasteiger partial charge is 0.378 e. The minimum absolute atomic E-state index is 0.212. The molecule has 0 aromatic heterocycles. The Bertz CT molecular complexity index is 425. The topological polar surface area (TPSA) is 21.3 Å². The molecule has 1 saturated heterocycles. The predicted molar refractivity (Wildman–Crippen MR) is 81.0 cm³/mol. The first-order valence-corrected chi connectivity index (χ1v) is 7.72. The maximum atomic E-state index is 6.36. The van der Waals surface area contributed by atoms with Gasteiger partial charge in [-0.25, -0.2) is 0 Å². The Morgan fingerprint density at radius 3 is 2.84 bits per heavy atom. The Kier molecular flexibility index (Phi) is 5.52. The fraction of sp³-hybridized carbons (Fsp3) is 0.600. The third kappa shape index (κ3) is 3.43. The molecular weight excluding hydrogens is 281 g/mol. The van der Waals surface area contributed by atoms with Gasteiger partial charge in [0.05, 0.1) is 6.10 Å². The Morgan fingerprint density at radius 2 is 2.16 bits per heavy atom. The summed E-state index contributed by atoms with van der Waals surface area (Å²) in [4.78, 5) is 0. The summed E-state index contributed by atoms with van der Waals surface area (Å²) in [5.41, 5.74) is 1.09. The van der Waals surface area contributed by atoms with Gasteiger partial charge in [-0.05, 0) is 43.1 Å². The summed E-state index contributed by atoms with van der Waals surface area (Å²) < 4.78 is 5.82. The molecule has 1 aliphatic rings. The zero-order chi connectivity index (χ0) is 13.8. The third-order valence-corrected chi connectivity index (χ3v) is 4.39. The average molecular weight is 302 g/mol. The zero-order valence-electron chi connectivity index (χ0n) is 11.5. The maximum Gasteiger partial charge on any atom is 0.0619 e. The number of halogens is 2. The van der Waals surface area contributed by atoms with Crippen LogP contribution in [0.3, 0.4) is 0 Å². The molecular formula is C15H21Cl2NO. The van der Waals surface area contributed by atoms with E-state index in [-0.39, 0.29) is 6.04 Å². The number of nitrogens with one attached hydrogen (secondary N) is 1. The molecule has 0 spiro atoms. The second-order valence-electron chi connectivity index (χ2n) is 4.97. The number of hydrogen-bond donors (Lipinski definition) is 1. The Labute approximate surface area is 125 Å². The molecule has 1 fully saturated rings. The third-order valence-electron chi connectivity index (χ3n) is 3.81. The Morgan fingerprint density at radius 1 is 1.37 bits per heavy atom. The van der Waals surface area contributed by atoms with E-state index in [4.69, 9.17) is 27.9 Å². The molecule has 1 N–H and O–H groups in total. The fourth-order valence-electron chi connectivity index (χ4n) is 2.93. The highest BCUT2D eigenvalue weighted by atomic mass is 35.5. The highest BCUT2D eigenvalue weighted by Crippen LogP contribution is 2.38. The lowest BCUT2D eigenvalue weighted by Gasteiger charge is -2.29. The van der Waals surface area contributed by atoms with Crippen molar-refractivity contribution < 1.29 is 4.74 Å². The molecule has 1 aromatic rings. The second-order valence-corrected chi connectivity index (χ2v) is 5.81. The van der Waals surface area contributed by atoms with Crippen molar-refractivity contribution in [2.24, 2.45) is 5.92 Å². The van der Waals surface area contributed by atoms with Crippen LogP contribution >= 0.6 is 23.2 Å². The van der Waals surface area contributed by atoms with E-state index in [0.29, 0.717) is 12.0 Å². The molecule has 1 aromatic carbocycles. The van der Waals surface area contributed by atoms with Crippen molar-refractivity contribution in [1.82, 2.24) is 5.32 Å². The lowest BCUT2D eigenvalue weighted by atomic mass is 9.86. The lowest BCUT2D eigenvalue weighted by molar-refractivity contribution is 0.0776. The fourth-order valence-corrected chi connectivity index (χ4v) is 3.35. The molecule has 2 nitrogen and oxygen atoms in total. The van der Waals surface area contributed by atoms with Gasteiger partial charge in [0.2, 0.25) is 0 Å². The molecule has 1 aliphatic heterocycles. The van der Waals surface area contributed by atoms with Crippen molar-refractivity contribution in [3.8, 4) is 0 Å². The molecule has 0 amide bonds. The van der Waals surface area contributed by atoms with Gasteiger partial charge in [-0.3, -0.25) is 0 Å². The number of hydrogen-bond acceptors (Lipinski definition) is 2. The standard InChI is InChI=1S/C15H21Cl2NO/c1-3-14-11(7-8-19-14)15(18-4-2)12-9-10(16)5-6-13(12)17/h5-6,9,11,14-15,18H,3-4,7-8H2,1-2H3. The SMILES string of the molecule is CCNC(c1cc(Cl)ccc1Cl)C1CCOC1CC. The van der Waals surface area contributed by atoms with E-state index in [2.05, 4.69) is 19.2 Å². The summed E-state index contributed by atoms with van der Waals surface area (Å²) in [6.45, 7) is 6.03. The number of rotatable bonds is 5.